The monoisotopic (exact) mass is 352 g/mol. The van der Waals surface area contributed by atoms with Gasteiger partial charge in [-0.25, -0.2) is 4.79 Å². The number of phenols is 1. The standard InChI is InChI=1S/C21H20O5/c1-3-15-9-17-16(10-21(24)26-19(17)11-18(15)22)12-25-20(23)8-14-6-4-13(2)5-7-14/h4-7,9-11,22H,3,8,12H2,1-2H3. The molecule has 134 valence electrons. The van der Waals surface area contributed by atoms with Crippen LogP contribution in [-0.2, 0) is 29.0 Å². The molecule has 1 heterocycles. The van der Waals surface area contributed by atoms with Crippen molar-refractivity contribution in [1.29, 1.82) is 0 Å². The van der Waals surface area contributed by atoms with Gasteiger partial charge in [-0.3, -0.25) is 4.79 Å². The normalized spacial score (nSPS) is 10.8. The predicted octanol–water partition coefficient (Wildman–Crippen LogP) is 3.66. The zero-order chi connectivity index (χ0) is 18.7. The first-order chi connectivity index (χ1) is 12.5. The molecule has 26 heavy (non-hydrogen) atoms. The molecule has 5 nitrogen and oxygen atoms in total. The fourth-order valence-electron chi connectivity index (χ4n) is 2.79. The highest BCUT2D eigenvalue weighted by Crippen LogP contribution is 2.27. The molecular weight excluding hydrogens is 332 g/mol. The highest BCUT2D eigenvalue weighted by atomic mass is 16.5. The molecule has 0 unspecified atom stereocenters. The number of carbonyl (C=O) groups excluding carboxylic acids is 1. The Kier molecular flexibility index (Phi) is 5.07. The van der Waals surface area contributed by atoms with Gasteiger partial charge in [0, 0.05) is 23.1 Å². The van der Waals surface area contributed by atoms with E-state index >= 15 is 0 Å². The summed E-state index contributed by atoms with van der Waals surface area (Å²) in [6.45, 7) is 3.87. The molecule has 0 radical (unpaired) electrons. The fraction of sp³-hybridized carbons (Fsp3) is 0.238. The maximum absolute atomic E-state index is 12.1. The van der Waals surface area contributed by atoms with Crippen LogP contribution in [0.4, 0.5) is 0 Å². The number of rotatable bonds is 5. The number of aryl methyl sites for hydroxylation is 2. The molecule has 0 amide bonds. The van der Waals surface area contributed by atoms with Crippen molar-refractivity contribution in [3.05, 3.63) is 75.1 Å². The van der Waals surface area contributed by atoms with Crippen LogP contribution < -0.4 is 5.63 Å². The number of aromatic hydroxyl groups is 1. The summed E-state index contributed by atoms with van der Waals surface area (Å²) in [7, 11) is 0. The number of carbonyl (C=O) groups is 1. The first-order valence-corrected chi connectivity index (χ1v) is 8.46. The van der Waals surface area contributed by atoms with Gasteiger partial charge in [0.1, 0.15) is 17.9 Å². The van der Waals surface area contributed by atoms with E-state index in [4.69, 9.17) is 9.15 Å². The van der Waals surface area contributed by atoms with E-state index in [9.17, 15) is 14.7 Å². The number of esters is 1. The summed E-state index contributed by atoms with van der Waals surface area (Å²) >= 11 is 0. The minimum Gasteiger partial charge on any atom is -0.508 e. The van der Waals surface area contributed by atoms with Crippen molar-refractivity contribution in [2.75, 3.05) is 0 Å². The first-order valence-electron chi connectivity index (χ1n) is 8.46. The van der Waals surface area contributed by atoms with Gasteiger partial charge < -0.3 is 14.3 Å². The lowest BCUT2D eigenvalue weighted by Crippen LogP contribution is -2.10. The maximum Gasteiger partial charge on any atom is 0.336 e. The molecule has 0 bridgehead atoms. The molecule has 0 saturated carbocycles. The molecule has 1 aromatic heterocycles. The van der Waals surface area contributed by atoms with Gasteiger partial charge in [-0.1, -0.05) is 36.8 Å². The summed E-state index contributed by atoms with van der Waals surface area (Å²) in [6, 6.07) is 12.2. The van der Waals surface area contributed by atoms with E-state index in [1.165, 1.54) is 12.1 Å². The highest BCUT2D eigenvalue weighted by Gasteiger charge is 2.12. The molecule has 3 rings (SSSR count). The Hall–Kier alpha value is -3.08. The second-order valence-electron chi connectivity index (χ2n) is 6.24. The van der Waals surface area contributed by atoms with E-state index in [1.54, 1.807) is 6.07 Å². The van der Waals surface area contributed by atoms with Crippen molar-refractivity contribution in [2.45, 2.75) is 33.3 Å². The summed E-state index contributed by atoms with van der Waals surface area (Å²) in [5, 5.41) is 10.6. The van der Waals surface area contributed by atoms with Gasteiger partial charge in [-0.05, 0) is 30.5 Å². The Morgan fingerprint density at radius 3 is 2.54 bits per heavy atom. The van der Waals surface area contributed by atoms with Crippen LogP contribution in [0.25, 0.3) is 11.0 Å². The lowest BCUT2D eigenvalue weighted by Gasteiger charge is -2.09. The third-order valence-electron chi connectivity index (χ3n) is 4.27. The second-order valence-corrected chi connectivity index (χ2v) is 6.24. The van der Waals surface area contributed by atoms with Crippen LogP contribution in [-0.4, -0.2) is 11.1 Å². The van der Waals surface area contributed by atoms with Crippen molar-refractivity contribution >= 4 is 16.9 Å². The van der Waals surface area contributed by atoms with Gasteiger partial charge in [-0.15, -0.1) is 0 Å². The van der Waals surface area contributed by atoms with Gasteiger partial charge in [0.05, 0.1) is 6.42 Å². The molecule has 0 aliphatic heterocycles. The van der Waals surface area contributed by atoms with E-state index in [2.05, 4.69) is 0 Å². The van der Waals surface area contributed by atoms with Crippen LogP contribution >= 0.6 is 0 Å². The molecule has 0 fully saturated rings. The number of benzene rings is 2. The van der Waals surface area contributed by atoms with Crippen molar-refractivity contribution in [3.8, 4) is 5.75 Å². The zero-order valence-electron chi connectivity index (χ0n) is 14.7. The summed E-state index contributed by atoms with van der Waals surface area (Å²) in [6.07, 6.45) is 0.800. The van der Waals surface area contributed by atoms with Gasteiger partial charge in [0.15, 0.2) is 0 Å². The van der Waals surface area contributed by atoms with Crippen LogP contribution in [0.5, 0.6) is 5.75 Å². The molecule has 2 aromatic carbocycles. The molecular formula is C21H20O5. The largest absolute Gasteiger partial charge is 0.508 e. The molecule has 0 atom stereocenters. The minimum absolute atomic E-state index is 0.0271. The Morgan fingerprint density at radius 1 is 1.12 bits per heavy atom. The summed E-state index contributed by atoms with van der Waals surface area (Å²) < 4.78 is 10.5. The minimum atomic E-state index is -0.550. The molecule has 1 N–H and O–H groups in total. The zero-order valence-corrected chi connectivity index (χ0v) is 14.7. The number of ether oxygens (including phenoxy) is 1. The summed E-state index contributed by atoms with van der Waals surface area (Å²) in [5.41, 5.74) is 3.01. The smallest absolute Gasteiger partial charge is 0.336 e. The topological polar surface area (TPSA) is 76.7 Å². The predicted molar refractivity (Wildman–Crippen MR) is 98.2 cm³/mol. The van der Waals surface area contributed by atoms with Crippen molar-refractivity contribution in [2.24, 2.45) is 0 Å². The second kappa shape index (κ2) is 7.44. The molecule has 0 aliphatic rings. The quantitative estimate of drug-likeness (QED) is 0.560. The third-order valence-corrected chi connectivity index (χ3v) is 4.27. The molecule has 0 aliphatic carbocycles. The summed E-state index contributed by atoms with van der Waals surface area (Å²) in [5.74, 6) is -0.290. The summed E-state index contributed by atoms with van der Waals surface area (Å²) in [4.78, 5) is 23.9. The number of fused-ring (bicyclic) bond motifs is 1. The average Bonchev–Trinajstić information content (AvgIpc) is 2.61. The van der Waals surface area contributed by atoms with Crippen molar-refractivity contribution in [1.82, 2.24) is 0 Å². The lowest BCUT2D eigenvalue weighted by molar-refractivity contribution is -0.144. The molecule has 5 heteroatoms. The van der Waals surface area contributed by atoms with Crippen LogP contribution in [0.3, 0.4) is 0 Å². The van der Waals surface area contributed by atoms with Gasteiger partial charge >= 0.3 is 11.6 Å². The number of phenolic OH excluding ortho intramolecular Hbond substituents is 1. The molecule has 3 aromatic rings. The van der Waals surface area contributed by atoms with E-state index in [0.717, 1.165) is 16.7 Å². The van der Waals surface area contributed by atoms with Crippen molar-refractivity contribution in [3.63, 3.8) is 0 Å². The van der Waals surface area contributed by atoms with Crippen LogP contribution in [0.1, 0.15) is 29.2 Å². The Labute approximate surface area is 150 Å². The van der Waals surface area contributed by atoms with Gasteiger partial charge in [-0.2, -0.15) is 0 Å². The van der Waals surface area contributed by atoms with E-state index in [0.29, 0.717) is 17.4 Å². The van der Waals surface area contributed by atoms with Crippen LogP contribution in [0, 0.1) is 6.92 Å². The SMILES string of the molecule is CCc1cc2c(COC(=O)Cc3ccc(C)cc3)cc(=O)oc2cc1O. The van der Waals surface area contributed by atoms with E-state index in [1.807, 2.05) is 38.1 Å². The van der Waals surface area contributed by atoms with E-state index < -0.39 is 5.63 Å². The number of hydrogen-bond donors (Lipinski definition) is 1. The Bertz CT molecular complexity index is 999. The maximum atomic E-state index is 12.1. The fourth-order valence-corrected chi connectivity index (χ4v) is 2.79. The van der Waals surface area contributed by atoms with Crippen molar-refractivity contribution < 1.29 is 19.1 Å². The highest BCUT2D eigenvalue weighted by molar-refractivity contribution is 5.83. The van der Waals surface area contributed by atoms with Crippen LogP contribution in [0.15, 0.2) is 51.7 Å². The Balaban J connectivity index is 1.80. The van der Waals surface area contributed by atoms with Gasteiger partial charge in [0.25, 0.3) is 0 Å². The van der Waals surface area contributed by atoms with E-state index in [-0.39, 0.29) is 30.3 Å². The van der Waals surface area contributed by atoms with Gasteiger partial charge in [0.2, 0.25) is 0 Å². The third kappa shape index (κ3) is 3.94. The lowest BCUT2D eigenvalue weighted by atomic mass is 10.0. The average molecular weight is 352 g/mol. The van der Waals surface area contributed by atoms with Crippen LogP contribution in [0.2, 0.25) is 0 Å². The molecule has 0 spiro atoms. The first kappa shape index (κ1) is 17.7. The molecule has 0 saturated heterocycles. The number of hydrogen-bond acceptors (Lipinski definition) is 5. The Morgan fingerprint density at radius 2 is 1.85 bits per heavy atom.